The van der Waals surface area contributed by atoms with Gasteiger partial charge in [-0.05, 0) is 44.0 Å². The molecule has 152 valence electrons. The van der Waals surface area contributed by atoms with E-state index in [-0.39, 0.29) is 18.9 Å². The number of aromatic nitrogens is 2. The van der Waals surface area contributed by atoms with Gasteiger partial charge >= 0.3 is 0 Å². The van der Waals surface area contributed by atoms with Crippen LogP contribution in [0.1, 0.15) is 23.2 Å². The lowest BCUT2D eigenvalue weighted by Gasteiger charge is -2.22. The summed E-state index contributed by atoms with van der Waals surface area (Å²) < 4.78 is 1.95. The Balaban J connectivity index is 0.000000582. The highest BCUT2D eigenvalue weighted by Crippen LogP contribution is 2.18. The molecule has 0 spiro atoms. The lowest BCUT2D eigenvalue weighted by atomic mass is 9.98. The molecular formula is C19H26N4O5. The van der Waals surface area contributed by atoms with Gasteiger partial charge in [0.1, 0.15) is 5.82 Å². The quantitative estimate of drug-likeness (QED) is 0.577. The first kappa shape index (κ1) is 22.8. The zero-order valence-electron chi connectivity index (χ0n) is 15.7. The number of carbonyl (C=O) groups is 3. The third-order valence-corrected chi connectivity index (χ3v) is 4.21. The zero-order chi connectivity index (χ0) is 20.8. The summed E-state index contributed by atoms with van der Waals surface area (Å²) in [6.45, 7) is 2.36. The normalized spacial score (nSPS) is 13.2. The van der Waals surface area contributed by atoms with Gasteiger partial charge in [-0.25, -0.2) is 4.98 Å². The molecule has 2 aromatic rings. The minimum absolute atomic E-state index is 0.00501. The third kappa shape index (κ3) is 7.58. The zero-order valence-corrected chi connectivity index (χ0v) is 15.7. The number of aryl methyl sites for hydroxylation is 1. The van der Waals surface area contributed by atoms with E-state index in [9.17, 15) is 4.79 Å². The third-order valence-electron chi connectivity index (χ3n) is 4.21. The van der Waals surface area contributed by atoms with Gasteiger partial charge in [0.15, 0.2) is 0 Å². The van der Waals surface area contributed by atoms with Gasteiger partial charge in [0, 0.05) is 37.1 Å². The second kappa shape index (κ2) is 13.0. The first-order valence-electron chi connectivity index (χ1n) is 8.79. The largest absolute Gasteiger partial charge is 0.483 e. The molecule has 2 heterocycles. The molecule has 0 saturated carbocycles. The fraction of sp³-hybridized carbons (Fsp3) is 0.368. The fourth-order valence-electron chi connectivity index (χ4n) is 2.87. The second-order valence-electron chi connectivity index (χ2n) is 6.06. The average molecular weight is 390 g/mol. The molecule has 0 radical (unpaired) electrons. The van der Waals surface area contributed by atoms with Crippen LogP contribution in [0.2, 0.25) is 0 Å². The summed E-state index contributed by atoms with van der Waals surface area (Å²) in [6.07, 6.45) is 5.93. The molecule has 0 bridgehead atoms. The first-order valence-corrected chi connectivity index (χ1v) is 8.79. The van der Waals surface area contributed by atoms with Gasteiger partial charge in [-0.2, -0.15) is 0 Å². The molecule has 0 atom stereocenters. The topological polar surface area (TPSA) is 134 Å². The first-order chi connectivity index (χ1) is 13.6. The molecule has 1 fully saturated rings. The van der Waals surface area contributed by atoms with Crippen LogP contribution < -0.4 is 10.6 Å². The van der Waals surface area contributed by atoms with E-state index >= 15 is 0 Å². The number of imidazole rings is 1. The van der Waals surface area contributed by atoms with E-state index in [0.29, 0.717) is 11.5 Å². The summed E-state index contributed by atoms with van der Waals surface area (Å²) in [5.41, 5.74) is 1.65. The van der Waals surface area contributed by atoms with Crippen molar-refractivity contribution in [3.05, 3.63) is 42.2 Å². The number of hydrogen-bond acceptors (Lipinski definition) is 5. The smallest absolute Gasteiger partial charge is 0.290 e. The predicted molar refractivity (Wildman–Crippen MR) is 104 cm³/mol. The summed E-state index contributed by atoms with van der Waals surface area (Å²) in [5.74, 6) is 1.45. The van der Waals surface area contributed by atoms with Crippen LogP contribution in [0.4, 0.5) is 0 Å². The SMILES string of the molecule is Cn1ccnc1-c1cccc(C(=O)NCC2CCNCC2)c1.O=CO.O=CO. The molecule has 28 heavy (non-hydrogen) atoms. The molecular weight excluding hydrogens is 364 g/mol. The molecule has 9 heteroatoms. The van der Waals surface area contributed by atoms with Crippen molar-refractivity contribution in [1.29, 1.82) is 0 Å². The number of nitrogens with zero attached hydrogens (tertiary/aromatic N) is 2. The van der Waals surface area contributed by atoms with Gasteiger partial charge in [-0.3, -0.25) is 14.4 Å². The van der Waals surface area contributed by atoms with E-state index in [1.165, 1.54) is 0 Å². The van der Waals surface area contributed by atoms with Gasteiger partial charge in [-0.1, -0.05) is 12.1 Å². The molecule has 0 unspecified atom stereocenters. The van der Waals surface area contributed by atoms with Crippen molar-refractivity contribution < 1.29 is 24.6 Å². The van der Waals surface area contributed by atoms with Crippen molar-refractivity contribution in [2.45, 2.75) is 12.8 Å². The van der Waals surface area contributed by atoms with Gasteiger partial charge in [0.25, 0.3) is 18.9 Å². The number of rotatable bonds is 4. The van der Waals surface area contributed by atoms with Gasteiger partial charge in [0.05, 0.1) is 0 Å². The lowest BCUT2D eigenvalue weighted by Crippen LogP contribution is -2.35. The van der Waals surface area contributed by atoms with Crippen LogP contribution in [0.15, 0.2) is 36.7 Å². The number of nitrogens with one attached hydrogen (secondary N) is 2. The molecule has 1 amide bonds. The van der Waals surface area contributed by atoms with Crippen LogP contribution in [0, 0.1) is 5.92 Å². The Morgan fingerprint density at radius 3 is 2.50 bits per heavy atom. The maximum atomic E-state index is 12.3. The van der Waals surface area contributed by atoms with Crippen LogP contribution in [0.3, 0.4) is 0 Å². The van der Waals surface area contributed by atoms with E-state index in [1.807, 2.05) is 42.1 Å². The molecule has 1 aromatic heterocycles. The number of piperidine rings is 1. The van der Waals surface area contributed by atoms with Gasteiger partial charge in [0.2, 0.25) is 0 Å². The number of amides is 1. The summed E-state index contributed by atoms with van der Waals surface area (Å²) in [6, 6.07) is 7.64. The highest BCUT2D eigenvalue weighted by atomic mass is 16.3. The molecule has 4 N–H and O–H groups in total. The van der Waals surface area contributed by atoms with Crippen LogP contribution in [-0.4, -0.2) is 58.3 Å². The van der Waals surface area contributed by atoms with Crippen LogP contribution in [0.25, 0.3) is 11.4 Å². The van der Waals surface area contributed by atoms with E-state index in [4.69, 9.17) is 19.8 Å². The van der Waals surface area contributed by atoms with Gasteiger partial charge < -0.3 is 25.4 Å². The Hall–Kier alpha value is -3.20. The van der Waals surface area contributed by atoms with Crippen molar-refractivity contribution >= 4 is 18.9 Å². The standard InChI is InChI=1S/C17H22N4O.2CH2O2/c1-21-10-9-19-16(21)14-3-2-4-15(11-14)17(22)20-12-13-5-7-18-8-6-13;2*2-1-3/h2-4,9-11,13,18H,5-8,12H2,1H3,(H,20,22);2*1H,(H,2,3). The summed E-state index contributed by atoms with van der Waals surface area (Å²) >= 11 is 0. The summed E-state index contributed by atoms with van der Waals surface area (Å²) in [7, 11) is 1.95. The Bertz CT molecular complexity index is 735. The minimum Gasteiger partial charge on any atom is -0.483 e. The van der Waals surface area contributed by atoms with Gasteiger partial charge in [-0.15, -0.1) is 0 Å². The van der Waals surface area contributed by atoms with Crippen molar-refractivity contribution in [2.24, 2.45) is 13.0 Å². The number of hydrogen-bond donors (Lipinski definition) is 4. The van der Waals surface area contributed by atoms with Crippen molar-refractivity contribution in [2.75, 3.05) is 19.6 Å². The Kier molecular flexibility index (Phi) is 10.6. The lowest BCUT2D eigenvalue weighted by molar-refractivity contribution is -0.123. The van der Waals surface area contributed by atoms with E-state index < -0.39 is 0 Å². The number of carboxylic acid groups (broad SMARTS) is 2. The molecule has 1 aliphatic rings. The number of benzene rings is 1. The second-order valence-corrected chi connectivity index (χ2v) is 6.06. The van der Waals surface area contributed by atoms with Crippen molar-refractivity contribution in [3.63, 3.8) is 0 Å². The molecule has 9 nitrogen and oxygen atoms in total. The summed E-state index contributed by atoms with van der Waals surface area (Å²) in [4.78, 5) is 33.4. The monoisotopic (exact) mass is 390 g/mol. The molecule has 0 aliphatic carbocycles. The Labute approximate surface area is 163 Å². The van der Waals surface area contributed by atoms with Crippen molar-refractivity contribution in [1.82, 2.24) is 20.2 Å². The molecule has 1 aromatic carbocycles. The Morgan fingerprint density at radius 1 is 1.29 bits per heavy atom. The van der Waals surface area contributed by atoms with Crippen molar-refractivity contribution in [3.8, 4) is 11.4 Å². The van der Waals surface area contributed by atoms with Crippen LogP contribution in [0.5, 0.6) is 0 Å². The predicted octanol–water partition coefficient (Wildman–Crippen LogP) is 1.22. The van der Waals surface area contributed by atoms with Crippen LogP contribution >= 0.6 is 0 Å². The number of carbonyl (C=O) groups excluding carboxylic acids is 1. The van der Waals surface area contributed by atoms with E-state index in [0.717, 1.165) is 43.9 Å². The molecule has 3 rings (SSSR count). The molecule has 1 aliphatic heterocycles. The Morgan fingerprint density at radius 2 is 1.93 bits per heavy atom. The fourth-order valence-corrected chi connectivity index (χ4v) is 2.87. The van der Waals surface area contributed by atoms with Crippen LogP contribution in [-0.2, 0) is 16.6 Å². The maximum Gasteiger partial charge on any atom is 0.290 e. The highest BCUT2D eigenvalue weighted by Gasteiger charge is 2.15. The van der Waals surface area contributed by atoms with E-state index in [2.05, 4.69) is 15.6 Å². The average Bonchev–Trinajstić information content (AvgIpc) is 3.14. The molecule has 1 saturated heterocycles. The maximum absolute atomic E-state index is 12.3. The highest BCUT2D eigenvalue weighted by molar-refractivity contribution is 5.95. The van der Waals surface area contributed by atoms with E-state index in [1.54, 1.807) is 6.20 Å². The summed E-state index contributed by atoms with van der Waals surface area (Å²) in [5, 5.41) is 20.2. The minimum atomic E-state index is -0.250.